The van der Waals surface area contributed by atoms with Gasteiger partial charge in [0.1, 0.15) is 12.8 Å². The Hall–Kier alpha value is -1.27. The molecule has 0 saturated carbocycles. The molecule has 1 rings (SSSR count). The highest BCUT2D eigenvalue weighted by Crippen LogP contribution is 2.01. The van der Waals surface area contributed by atoms with E-state index < -0.39 is 6.10 Å². The summed E-state index contributed by atoms with van der Waals surface area (Å²) in [5.74, 6) is 0. The molecule has 1 heterocycles. The van der Waals surface area contributed by atoms with Gasteiger partial charge in [-0.2, -0.15) is 5.10 Å². The summed E-state index contributed by atoms with van der Waals surface area (Å²) in [4.78, 5) is 0. The van der Waals surface area contributed by atoms with Crippen molar-refractivity contribution in [2.75, 3.05) is 13.6 Å². The molecule has 5 nitrogen and oxygen atoms in total. The van der Waals surface area contributed by atoms with Crippen molar-refractivity contribution in [3.8, 4) is 0 Å². The van der Waals surface area contributed by atoms with Gasteiger partial charge in [0.15, 0.2) is 23.1 Å². The van der Waals surface area contributed by atoms with Crippen molar-refractivity contribution < 1.29 is 9.68 Å². The summed E-state index contributed by atoms with van der Waals surface area (Å²) in [6.07, 6.45) is 2.91. The molecule has 1 unspecified atom stereocenters. The second-order valence-corrected chi connectivity index (χ2v) is 3.89. The minimum absolute atomic E-state index is 0.451. The molecule has 1 atom stereocenters. The van der Waals surface area contributed by atoms with Crippen LogP contribution in [0.2, 0.25) is 0 Å². The summed E-state index contributed by atoms with van der Waals surface area (Å²) in [5.41, 5.74) is 4.07. The Labute approximate surface area is 101 Å². The summed E-state index contributed by atoms with van der Waals surface area (Å²) >= 11 is 4.96. The zero-order chi connectivity index (χ0) is 12.1. The number of hydrogen-bond acceptors (Lipinski definition) is 3. The number of rotatable bonds is 2. The van der Waals surface area contributed by atoms with Gasteiger partial charge in [0.2, 0.25) is 0 Å². The third-order valence-corrected chi connectivity index (χ3v) is 2.56. The zero-order valence-corrected chi connectivity index (χ0v) is 10.5. The van der Waals surface area contributed by atoms with Gasteiger partial charge in [-0.3, -0.25) is 5.43 Å². The summed E-state index contributed by atoms with van der Waals surface area (Å²) in [6, 6.07) is 0. The minimum Gasteiger partial charge on any atom is -0.376 e. The van der Waals surface area contributed by atoms with E-state index in [2.05, 4.69) is 15.8 Å². The van der Waals surface area contributed by atoms with Crippen LogP contribution in [0.25, 0.3) is 0 Å². The molecule has 0 saturated heterocycles. The van der Waals surface area contributed by atoms with Crippen LogP contribution in [0.1, 0.15) is 13.8 Å². The highest BCUT2D eigenvalue weighted by Gasteiger charge is 2.24. The molecule has 1 aliphatic heterocycles. The number of hydrogen-bond donors (Lipinski definition) is 3. The zero-order valence-electron chi connectivity index (χ0n) is 9.69. The van der Waals surface area contributed by atoms with Crippen LogP contribution in [0.3, 0.4) is 0 Å². The molecule has 0 aromatic carbocycles. The lowest BCUT2D eigenvalue weighted by atomic mass is 10.1. The van der Waals surface area contributed by atoms with E-state index in [4.69, 9.17) is 12.2 Å². The first-order valence-corrected chi connectivity index (χ1v) is 5.51. The number of aliphatic hydroxyl groups excluding tert-OH is 1. The Morgan fingerprint density at radius 2 is 2.38 bits per heavy atom. The molecule has 0 aromatic rings. The van der Waals surface area contributed by atoms with Gasteiger partial charge in [0, 0.05) is 19.5 Å². The van der Waals surface area contributed by atoms with Crippen LogP contribution < -0.4 is 10.7 Å². The highest BCUT2D eigenvalue weighted by molar-refractivity contribution is 7.80. The Balaban J connectivity index is 2.67. The molecule has 3 N–H and O–H groups in total. The van der Waals surface area contributed by atoms with Gasteiger partial charge in [0.25, 0.3) is 0 Å². The fraction of sp³-hybridized carbons (Fsp3) is 0.500. The van der Waals surface area contributed by atoms with Gasteiger partial charge < -0.3 is 10.4 Å². The van der Waals surface area contributed by atoms with E-state index in [1.54, 1.807) is 6.08 Å². The molecule has 0 spiro atoms. The van der Waals surface area contributed by atoms with Crippen molar-refractivity contribution in [1.82, 2.24) is 10.7 Å². The maximum atomic E-state index is 9.89. The van der Waals surface area contributed by atoms with E-state index in [0.717, 1.165) is 12.3 Å². The second-order valence-electron chi connectivity index (χ2n) is 3.48. The van der Waals surface area contributed by atoms with Crippen molar-refractivity contribution in [2.24, 2.45) is 5.10 Å². The largest absolute Gasteiger partial charge is 0.376 e. The van der Waals surface area contributed by atoms with Crippen LogP contribution >= 0.6 is 12.2 Å². The Morgan fingerprint density at radius 3 is 3.00 bits per heavy atom. The van der Waals surface area contributed by atoms with E-state index in [9.17, 15) is 5.11 Å². The van der Waals surface area contributed by atoms with Crippen LogP contribution in [0.5, 0.6) is 0 Å². The molecule has 0 amide bonds. The number of nitrogens with one attached hydrogen (secondary N) is 2. The molecule has 0 aliphatic carbocycles. The summed E-state index contributed by atoms with van der Waals surface area (Å²) in [7, 11) is 1.88. The Kier molecular flexibility index (Phi) is 4.57. The van der Waals surface area contributed by atoms with E-state index in [-0.39, 0.29) is 0 Å². The molecule has 0 aromatic heterocycles. The van der Waals surface area contributed by atoms with Gasteiger partial charge >= 0.3 is 0 Å². The lowest BCUT2D eigenvalue weighted by molar-refractivity contribution is -0.426. The third kappa shape index (κ3) is 3.11. The standard InChI is InChI=1S/C10H16N4OS/c1-4-11-10(16)13-12-8-5-6-14(3)7(2)9(8)15/h5-6,9,15H,4H2,1-3H3,(H-,11,13,16)/p+1. The first-order chi connectivity index (χ1) is 7.56. The maximum absolute atomic E-state index is 9.89. The molecule has 0 radical (unpaired) electrons. The third-order valence-electron chi connectivity index (χ3n) is 2.32. The molecular formula is C10H17N4OS+. The fourth-order valence-corrected chi connectivity index (χ4v) is 1.41. The number of nitrogens with zero attached hydrogens (tertiary/aromatic N) is 2. The smallest absolute Gasteiger partial charge is 0.189 e. The Bertz CT molecular complexity index is 373. The fourth-order valence-electron chi connectivity index (χ4n) is 1.22. The minimum atomic E-state index is -0.688. The first-order valence-electron chi connectivity index (χ1n) is 5.10. The summed E-state index contributed by atoms with van der Waals surface area (Å²) in [5, 5.41) is 17.3. The van der Waals surface area contributed by atoms with Crippen molar-refractivity contribution >= 4 is 28.8 Å². The second kappa shape index (κ2) is 5.72. The molecule has 1 aliphatic rings. The maximum Gasteiger partial charge on any atom is 0.189 e. The monoisotopic (exact) mass is 241 g/mol. The number of thiocarbonyl (C=S) groups is 1. The van der Waals surface area contributed by atoms with Crippen LogP contribution in [0, 0.1) is 0 Å². The van der Waals surface area contributed by atoms with Gasteiger partial charge in [-0.25, -0.2) is 4.58 Å². The van der Waals surface area contributed by atoms with Crippen molar-refractivity contribution in [2.45, 2.75) is 20.0 Å². The van der Waals surface area contributed by atoms with E-state index in [1.807, 2.05) is 31.7 Å². The van der Waals surface area contributed by atoms with Gasteiger partial charge in [0.05, 0.1) is 0 Å². The average molecular weight is 241 g/mol. The van der Waals surface area contributed by atoms with E-state index in [1.165, 1.54) is 0 Å². The summed E-state index contributed by atoms with van der Waals surface area (Å²) < 4.78 is 1.85. The molecule has 0 fully saturated rings. The predicted molar refractivity (Wildman–Crippen MR) is 68.9 cm³/mol. The quantitative estimate of drug-likeness (QED) is 0.356. The number of aliphatic hydroxyl groups is 1. The topological polar surface area (TPSA) is 59.7 Å². The van der Waals surface area contributed by atoms with Crippen molar-refractivity contribution in [1.29, 1.82) is 0 Å². The highest BCUT2D eigenvalue weighted by atomic mass is 32.1. The van der Waals surface area contributed by atoms with Crippen LogP contribution in [-0.2, 0) is 0 Å². The van der Waals surface area contributed by atoms with Crippen LogP contribution in [0.4, 0.5) is 0 Å². The van der Waals surface area contributed by atoms with Gasteiger partial charge in [-0.1, -0.05) is 0 Å². The van der Waals surface area contributed by atoms with Crippen molar-refractivity contribution in [3.05, 3.63) is 12.3 Å². The van der Waals surface area contributed by atoms with Crippen LogP contribution in [-0.4, -0.2) is 45.9 Å². The molecule has 88 valence electrons. The predicted octanol–water partition coefficient (Wildman–Crippen LogP) is -0.182. The molecule has 16 heavy (non-hydrogen) atoms. The van der Waals surface area contributed by atoms with E-state index in [0.29, 0.717) is 10.8 Å². The SMILES string of the molecule is CCNC(=S)NN=C1C=C[N+](C)=C(C)C1O. The normalized spacial score (nSPS) is 22.5. The van der Waals surface area contributed by atoms with Crippen molar-refractivity contribution in [3.63, 3.8) is 0 Å². The van der Waals surface area contributed by atoms with Gasteiger partial charge in [-0.15, -0.1) is 0 Å². The number of hydrazone groups is 1. The lowest BCUT2D eigenvalue weighted by Crippen LogP contribution is -2.38. The average Bonchev–Trinajstić information content (AvgIpc) is 2.25. The van der Waals surface area contributed by atoms with Crippen LogP contribution in [0.15, 0.2) is 17.4 Å². The molecular weight excluding hydrogens is 224 g/mol. The van der Waals surface area contributed by atoms with Gasteiger partial charge in [-0.05, 0) is 19.1 Å². The molecule has 0 bridgehead atoms. The van der Waals surface area contributed by atoms with E-state index >= 15 is 0 Å². The Morgan fingerprint density at radius 1 is 1.69 bits per heavy atom. The lowest BCUT2D eigenvalue weighted by Gasteiger charge is -2.13. The molecule has 6 heteroatoms. The summed E-state index contributed by atoms with van der Waals surface area (Å²) in [6.45, 7) is 4.54. The first kappa shape index (κ1) is 12.8.